The molecule has 0 spiro atoms. The Hall–Kier alpha value is -2.28. The number of nitrogens with zero attached hydrogens (tertiary/aromatic N) is 5. The van der Waals surface area contributed by atoms with E-state index in [9.17, 15) is 0 Å². The van der Waals surface area contributed by atoms with Gasteiger partial charge < -0.3 is 10.2 Å². The number of piperidine rings is 1. The van der Waals surface area contributed by atoms with E-state index in [-0.39, 0.29) is 0 Å². The van der Waals surface area contributed by atoms with E-state index in [0.717, 1.165) is 47.9 Å². The van der Waals surface area contributed by atoms with Gasteiger partial charge in [-0.1, -0.05) is 0 Å². The molecule has 0 amide bonds. The summed E-state index contributed by atoms with van der Waals surface area (Å²) in [6.45, 7) is 6.17. The van der Waals surface area contributed by atoms with Gasteiger partial charge >= 0.3 is 0 Å². The normalized spacial score (nSPS) is 18.1. The molecule has 124 valence electrons. The summed E-state index contributed by atoms with van der Waals surface area (Å²) in [5.74, 6) is 1.75. The van der Waals surface area contributed by atoms with Crippen LogP contribution in [0.2, 0.25) is 0 Å². The summed E-state index contributed by atoms with van der Waals surface area (Å²) in [5.41, 5.74) is 1.28. The zero-order chi connectivity index (χ0) is 16.5. The second kappa shape index (κ2) is 6.32. The Morgan fingerprint density at radius 1 is 1.17 bits per heavy atom. The van der Waals surface area contributed by atoms with Crippen molar-refractivity contribution in [3.63, 3.8) is 0 Å². The Balaban J connectivity index is 1.57. The molecule has 0 saturated carbocycles. The highest BCUT2D eigenvalue weighted by Gasteiger charge is 2.23. The predicted molar refractivity (Wildman–Crippen MR) is 97.8 cm³/mol. The predicted octanol–water partition coefficient (Wildman–Crippen LogP) is 3.18. The lowest BCUT2D eigenvalue weighted by atomic mass is 10.1. The Morgan fingerprint density at radius 3 is 2.83 bits per heavy atom. The third-order valence-electron chi connectivity index (χ3n) is 4.56. The maximum absolute atomic E-state index is 4.51. The topological polar surface area (TPSA) is 66.8 Å². The number of rotatable bonds is 3. The van der Waals surface area contributed by atoms with Crippen LogP contribution >= 0.6 is 11.3 Å². The monoisotopic (exact) mass is 340 g/mol. The van der Waals surface area contributed by atoms with Crippen molar-refractivity contribution in [2.24, 2.45) is 0 Å². The van der Waals surface area contributed by atoms with Gasteiger partial charge in [0.15, 0.2) is 0 Å². The van der Waals surface area contributed by atoms with Crippen molar-refractivity contribution in [2.75, 3.05) is 23.3 Å². The van der Waals surface area contributed by atoms with Gasteiger partial charge in [-0.2, -0.15) is 0 Å². The Kier molecular flexibility index (Phi) is 4.02. The molecule has 0 aromatic carbocycles. The summed E-state index contributed by atoms with van der Waals surface area (Å²) in [4.78, 5) is 22.3. The molecule has 1 fully saturated rings. The van der Waals surface area contributed by atoms with Crippen LogP contribution < -0.4 is 10.2 Å². The van der Waals surface area contributed by atoms with E-state index >= 15 is 0 Å². The van der Waals surface area contributed by atoms with Gasteiger partial charge in [0.25, 0.3) is 0 Å². The van der Waals surface area contributed by atoms with Crippen molar-refractivity contribution in [1.29, 1.82) is 0 Å². The number of aromatic nitrogens is 4. The number of anilines is 2. The fourth-order valence-corrected chi connectivity index (χ4v) is 4.21. The van der Waals surface area contributed by atoms with Gasteiger partial charge in [-0.15, -0.1) is 11.3 Å². The maximum atomic E-state index is 4.51. The molecule has 1 saturated heterocycles. The fraction of sp³-hybridized carbons (Fsp3) is 0.412. The average Bonchev–Trinajstić information content (AvgIpc) is 2.91. The number of fused-ring (bicyclic) bond motifs is 1. The van der Waals surface area contributed by atoms with E-state index in [1.54, 1.807) is 30.1 Å². The quantitative estimate of drug-likeness (QED) is 0.790. The summed E-state index contributed by atoms with van der Waals surface area (Å²) in [5, 5.41) is 4.80. The summed E-state index contributed by atoms with van der Waals surface area (Å²) in [6, 6.07) is 2.18. The molecule has 0 radical (unpaired) electrons. The molecule has 6 nitrogen and oxygen atoms in total. The van der Waals surface area contributed by atoms with Crippen LogP contribution in [0.4, 0.5) is 11.8 Å². The standard InChI is InChI=1S/C17H20N6S/c1-11-12(2)24-16-14(11)15(20-10-21-16)22-13-5-3-8-23(9-13)17-18-6-4-7-19-17/h4,6-7,10,13H,3,5,8-9H2,1-2H3,(H,20,21,22)/t13-/m1/s1. The van der Waals surface area contributed by atoms with E-state index in [2.05, 4.69) is 44.0 Å². The van der Waals surface area contributed by atoms with Crippen LogP contribution in [-0.2, 0) is 0 Å². The molecule has 7 heteroatoms. The van der Waals surface area contributed by atoms with Crippen LogP contribution in [0.25, 0.3) is 10.2 Å². The fourth-order valence-electron chi connectivity index (χ4n) is 3.22. The van der Waals surface area contributed by atoms with Crippen molar-refractivity contribution < 1.29 is 0 Å². The number of thiophene rings is 1. The molecule has 3 aromatic heterocycles. The van der Waals surface area contributed by atoms with Crippen molar-refractivity contribution in [3.05, 3.63) is 35.2 Å². The number of nitrogens with one attached hydrogen (secondary N) is 1. The Morgan fingerprint density at radius 2 is 2.00 bits per heavy atom. The van der Waals surface area contributed by atoms with Gasteiger partial charge in [0.05, 0.1) is 5.39 Å². The first-order valence-corrected chi connectivity index (χ1v) is 9.03. The molecule has 0 unspecified atom stereocenters. The molecule has 0 bridgehead atoms. The van der Waals surface area contributed by atoms with Crippen molar-refractivity contribution >= 4 is 33.3 Å². The zero-order valence-electron chi connectivity index (χ0n) is 13.9. The molecule has 4 heterocycles. The Labute approximate surface area is 145 Å². The van der Waals surface area contributed by atoms with Crippen LogP contribution in [0.1, 0.15) is 23.3 Å². The first kappa shape index (κ1) is 15.3. The van der Waals surface area contributed by atoms with Gasteiger partial charge in [-0.25, -0.2) is 19.9 Å². The minimum absolute atomic E-state index is 0.334. The van der Waals surface area contributed by atoms with Crippen LogP contribution in [-0.4, -0.2) is 39.1 Å². The third kappa shape index (κ3) is 2.80. The molecule has 1 atom stereocenters. The van der Waals surface area contributed by atoms with Gasteiger partial charge in [0, 0.05) is 36.4 Å². The van der Waals surface area contributed by atoms with E-state index in [1.807, 2.05) is 6.07 Å². The molecule has 24 heavy (non-hydrogen) atoms. The zero-order valence-corrected chi connectivity index (χ0v) is 14.7. The molecule has 4 rings (SSSR count). The number of aryl methyl sites for hydroxylation is 2. The highest BCUT2D eigenvalue weighted by atomic mass is 32.1. The van der Waals surface area contributed by atoms with Crippen molar-refractivity contribution in [1.82, 2.24) is 19.9 Å². The highest BCUT2D eigenvalue weighted by Crippen LogP contribution is 2.33. The van der Waals surface area contributed by atoms with E-state index in [0.29, 0.717) is 6.04 Å². The third-order valence-corrected chi connectivity index (χ3v) is 5.68. The minimum atomic E-state index is 0.334. The summed E-state index contributed by atoms with van der Waals surface area (Å²) >= 11 is 1.73. The highest BCUT2D eigenvalue weighted by molar-refractivity contribution is 7.18. The molecular weight excluding hydrogens is 320 g/mol. The van der Waals surface area contributed by atoms with Gasteiger partial charge in [-0.05, 0) is 38.3 Å². The molecular formula is C17H20N6S. The molecule has 1 aliphatic heterocycles. The van der Waals surface area contributed by atoms with Gasteiger partial charge in [-0.3, -0.25) is 0 Å². The smallest absolute Gasteiger partial charge is 0.225 e. The minimum Gasteiger partial charge on any atom is -0.365 e. The lowest BCUT2D eigenvalue weighted by Gasteiger charge is -2.33. The van der Waals surface area contributed by atoms with Crippen LogP contribution in [0.5, 0.6) is 0 Å². The number of hydrogen-bond acceptors (Lipinski definition) is 7. The van der Waals surface area contributed by atoms with Crippen molar-refractivity contribution in [2.45, 2.75) is 32.7 Å². The average molecular weight is 340 g/mol. The lowest BCUT2D eigenvalue weighted by molar-refractivity contribution is 0.522. The van der Waals surface area contributed by atoms with Crippen LogP contribution in [0.3, 0.4) is 0 Å². The SMILES string of the molecule is Cc1sc2ncnc(N[C@@H]3CCCN(c4ncccn4)C3)c2c1C. The maximum Gasteiger partial charge on any atom is 0.225 e. The van der Waals surface area contributed by atoms with E-state index in [4.69, 9.17) is 0 Å². The van der Waals surface area contributed by atoms with Crippen LogP contribution in [0, 0.1) is 13.8 Å². The van der Waals surface area contributed by atoms with E-state index < -0.39 is 0 Å². The summed E-state index contributed by atoms with van der Waals surface area (Å²) in [6.07, 6.45) is 7.49. The Bertz CT molecular complexity index is 847. The summed E-state index contributed by atoms with van der Waals surface area (Å²) < 4.78 is 0. The summed E-state index contributed by atoms with van der Waals surface area (Å²) in [7, 11) is 0. The number of hydrogen-bond donors (Lipinski definition) is 1. The van der Waals surface area contributed by atoms with Crippen LogP contribution in [0.15, 0.2) is 24.8 Å². The van der Waals surface area contributed by atoms with Gasteiger partial charge in [0.2, 0.25) is 5.95 Å². The van der Waals surface area contributed by atoms with Gasteiger partial charge in [0.1, 0.15) is 17.0 Å². The largest absolute Gasteiger partial charge is 0.365 e. The second-order valence-corrected chi connectivity index (χ2v) is 7.37. The van der Waals surface area contributed by atoms with Crippen molar-refractivity contribution in [3.8, 4) is 0 Å². The molecule has 1 N–H and O–H groups in total. The first-order chi connectivity index (χ1) is 11.7. The first-order valence-electron chi connectivity index (χ1n) is 8.21. The lowest BCUT2D eigenvalue weighted by Crippen LogP contribution is -2.43. The molecule has 0 aliphatic carbocycles. The molecule has 1 aliphatic rings. The van der Waals surface area contributed by atoms with E-state index in [1.165, 1.54) is 10.4 Å². The second-order valence-electron chi connectivity index (χ2n) is 6.16. The molecule has 3 aromatic rings.